The van der Waals surface area contributed by atoms with Crippen molar-refractivity contribution in [3.05, 3.63) is 41.6 Å². The van der Waals surface area contributed by atoms with E-state index in [0.29, 0.717) is 38.5 Å². The Kier molecular flexibility index (Phi) is 18.5. The largest absolute Gasteiger partial charge is 0.481 e. The number of carbonyl (C=O) groups is 6. The minimum absolute atomic E-state index is 0.00796. The van der Waals surface area contributed by atoms with E-state index >= 15 is 0 Å². The highest BCUT2D eigenvalue weighted by Crippen LogP contribution is 2.47. The summed E-state index contributed by atoms with van der Waals surface area (Å²) in [5, 5.41) is 35.9. The van der Waals surface area contributed by atoms with E-state index in [9.17, 15) is 33.9 Å². The third-order valence-corrected chi connectivity index (χ3v) is 14.1. The van der Waals surface area contributed by atoms with Gasteiger partial charge in [-0.25, -0.2) is 9.48 Å². The second-order valence-electron chi connectivity index (χ2n) is 21.5. The van der Waals surface area contributed by atoms with Gasteiger partial charge in [-0.3, -0.25) is 29.4 Å². The molecule has 10 N–H and O–H groups in total. The Labute approximate surface area is 406 Å². The molecule has 4 fully saturated rings. The van der Waals surface area contributed by atoms with Gasteiger partial charge >= 0.3 is 12.1 Å². The summed E-state index contributed by atoms with van der Waals surface area (Å²) in [5.41, 5.74) is 4.55. The molecule has 0 aliphatic heterocycles. The van der Waals surface area contributed by atoms with E-state index < -0.39 is 35.0 Å². The van der Waals surface area contributed by atoms with Gasteiger partial charge in [0, 0.05) is 37.3 Å². The third kappa shape index (κ3) is 15.1. The van der Waals surface area contributed by atoms with Gasteiger partial charge in [0.15, 0.2) is 11.8 Å². The zero-order valence-corrected chi connectivity index (χ0v) is 42.0. The lowest BCUT2D eigenvalue weighted by Gasteiger charge is -2.48. The molecule has 382 valence electrons. The first-order valence-corrected chi connectivity index (χ1v) is 24.5. The summed E-state index contributed by atoms with van der Waals surface area (Å²) in [6, 6.07) is -0.400. The molecule has 1 aromatic rings. The fraction of sp³-hybridized carbons (Fsp3) is 0.680. The van der Waals surface area contributed by atoms with E-state index in [1.165, 1.54) is 31.1 Å². The highest BCUT2D eigenvalue weighted by Gasteiger charge is 2.47. The van der Waals surface area contributed by atoms with Crippen LogP contribution in [0, 0.1) is 53.3 Å². The van der Waals surface area contributed by atoms with Gasteiger partial charge in [0.1, 0.15) is 5.56 Å². The lowest BCUT2D eigenvalue weighted by molar-refractivity contribution is -0.145. The number of aliphatic carboxylic acids is 1. The van der Waals surface area contributed by atoms with Crippen LogP contribution in [0.3, 0.4) is 0 Å². The van der Waals surface area contributed by atoms with Crippen LogP contribution in [-0.4, -0.2) is 100 Å². The van der Waals surface area contributed by atoms with Crippen LogP contribution < -0.4 is 42.5 Å². The monoisotopic (exact) mass is 965 g/mol. The van der Waals surface area contributed by atoms with Crippen LogP contribution in [0.25, 0.3) is 6.20 Å². The Morgan fingerprint density at radius 1 is 0.884 bits per heavy atom. The standard InChI is InChI=1S/C50H77N9O10/c1-28(2)26-68-45(53-15-13-49(5,6)58-48(66)67-9)38(24-51)43(62)56-41-34-18-31(19-35(41)23-37(22-34)47(64)65)17-29(3)27-69-46-39(25-54-59(46)16-14-50(7,8)57-30(4)60)44(63)55-40-32-11-10-12-33(40)21-36(20-32)42(52)61/h13-16,24-25,28-29,31-37,40-41,51,53H,10-12,17-23,26-27H2,1-9H3,(H2,52,61)(H,55,63)(H,56,62)(H,57,60)(H,58,66)(H,64,65)/p+1/b15-13+,16-14+,45-38-,51-24?. The van der Waals surface area contributed by atoms with E-state index in [4.69, 9.17) is 25.4 Å². The molecule has 5 atom stereocenters. The Morgan fingerprint density at radius 2 is 1.49 bits per heavy atom. The number of nitrogens with two attached hydrogens (primary N) is 2. The smallest absolute Gasteiger partial charge is 0.407 e. The summed E-state index contributed by atoms with van der Waals surface area (Å²) in [6.45, 7) is 15.3. The number of primary amides is 1. The lowest BCUT2D eigenvalue weighted by atomic mass is 9.60. The molecule has 4 aliphatic carbocycles. The predicted molar refractivity (Wildman–Crippen MR) is 258 cm³/mol. The second kappa shape index (κ2) is 23.6. The minimum Gasteiger partial charge on any atom is -0.481 e. The SMILES string of the molecule is COC(=O)NC(C)(C)/C=C/N/C(OCC(C)C)=C(\C=[NH2+])C(=O)NC1C2CC(CC(C)COc3c(C(=O)NC4C5CCCC4CC(C(N)=O)C5)cnn3/C=C/C(C)(C)NC(C)=O)CC1CC(C(=O)O)C2. The summed E-state index contributed by atoms with van der Waals surface area (Å²) in [5.74, 6) is -2.03. The number of hydrogen-bond acceptors (Lipinski definition) is 11. The Balaban J connectivity index is 1.30. The highest BCUT2D eigenvalue weighted by molar-refractivity contribution is 6.11. The van der Waals surface area contributed by atoms with Gasteiger partial charge in [-0.2, -0.15) is 5.10 Å². The number of methoxy groups -OCH3 is 1. The summed E-state index contributed by atoms with van der Waals surface area (Å²) < 4.78 is 18.8. The number of aromatic nitrogens is 2. The number of carbonyl (C=O) groups excluding carboxylic acids is 5. The van der Waals surface area contributed by atoms with Crippen molar-refractivity contribution in [1.29, 1.82) is 0 Å². The molecular formula is C50H78N9O10+. The fourth-order valence-electron chi connectivity index (χ4n) is 11.0. The number of amides is 5. The molecule has 5 rings (SSSR count). The number of alkyl carbamates (subject to hydrolysis) is 1. The molecule has 19 heteroatoms. The number of rotatable bonds is 22. The van der Waals surface area contributed by atoms with Crippen molar-refractivity contribution in [3.8, 4) is 5.88 Å². The van der Waals surface area contributed by atoms with Gasteiger partial charge in [0.25, 0.3) is 11.8 Å². The van der Waals surface area contributed by atoms with Gasteiger partial charge in [-0.05, 0) is 139 Å². The zero-order valence-electron chi connectivity index (χ0n) is 42.0. The van der Waals surface area contributed by atoms with E-state index in [2.05, 4.69) is 38.6 Å². The molecule has 1 heterocycles. The molecule has 0 spiro atoms. The average Bonchev–Trinajstić information content (AvgIpc) is 3.66. The molecule has 4 saturated carbocycles. The maximum Gasteiger partial charge on any atom is 0.407 e. The van der Waals surface area contributed by atoms with E-state index in [1.54, 1.807) is 38.4 Å². The Morgan fingerprint density at radius 3 is 2.06 bits per heavy atom. The molecule has 0 saturated heterocycles. The van der Waals surface area contributed by atoms with Crippen LogP contribution in [0.4, 0.5) is 4.79 Å². The van der Waals surface area contributed by atoms with Crippen molar-refractivity contribution in [2.24, 2.45) is 59.0 Å². The number of nitrogens with zero attached hydrogens (tertiary/aromatic N) is 2. The minimum atomic E-state index is -0.844. The highest BCUT2D eigenvalue weighted by atomic mass is 16.5. The van der Waals surface area contributed by atoms with Gasteiger partial charge in [0.2, 0.25) is 23.6 Å². The topological polar surface area (TPSA) is 280 Å². The summed E-state index contributed by atoms with van der Waals surface area (Å²) in [6.07, 6.45) is 15.9. The molecule has 4 aliphatic rings. The first kappa shape index (κ1) is 54.1. The first-order chi connectivity index (χ1) is 32.5. The number of fused-ring (bicyclic) bond motifs is 4. The number of carboxylic acids is 1. The van der Waals surface area contributed by atoms with Crippen LogP contribution in [0.15, 0.2) is 36.0 Å². The van der Waals surface area contributed by atoms with Crippen molar-refractivity contribution in [3.63, 3.8) is 0 Å². The quantitative estimate of drug-likeness (QED) is 0.0470. The van der Waals surface area contributed by atoms with E-state index in [1.807, 2.05) is 27.7 Å². The van der Waals surface area contributed by atoms with Crippen LogP contribution in [0.2, 0.25) is 0 Å². The molecule has 0 radical (unpaired) electrons. The van der Waals surface area contributed by atoms with Crippen molar-refractivity contribution in [1.82, 2.24) is 36.4 Å². The Hall–Kier alpha value is -5.88. The maximum atomic E-state index is 14.1. The van der Waals surface area contributed by atoms with Gasteiger partial charge < -0.3 is 51.6 Å². The van der Waals surface area contributed by atoms with Crippen LogP contribution in [0.5, 0.6) is 5.88 Å². The molecule has 69 heavy (non-hydrogen) atoms. The van der Waals surface area contributed by atoms with Crippen molar-refractivity contribution < 1.29 is 53.5 Å². The van der Waals surface area contributed by atoms with Gasteiger partial charge in [0.05, 0.1) is 43.5 Å². The summed E-state index contributed by atoms with van der Waals surface area (Å²) in [4.78, 5) is 76.6. The van der Waals surface area contributed by atoms with Crippen molar-refractivity contribution in [2.45, 2.75) is 143 Å². The molecule has 5 amide bonds. The summed E-state index contributed by atoms with van der Waals surface area (Å²) >= 11 is 0. The molecule has 1 aromatic heterocycles. The lowest BCUT2D eigenvalue weighted by Crippen LogP contribution is -2.54. The zero-order chi connectivity index (χ0) is 50.8. The number of carboxylic acid groups (broad SMARTS) is 1. The summed E-state index contributed by atoms with van der Waals surface area (Å²) in [7, 11) is 1.28. The van der Waals surface area contributed by atoms with Crippen LogP contribution in [0.1, 0.15) is 130 Å². The fourth-order valence-corrected chi connectivity index (χ4v) is 11.0. The molecule has 19 nitrogen and oxygen atoms in total. The molecular weight excluding hydrogens is 887 g/mol. The normalized spacial score (nSPS) is 26.6. The molecule has 5 unspecified atom stereocenters. The average molecular weight is 965 g/mol. The molecule has 0 aromatic carbocycles. The third-order valence-electron chi connectivity index (χ3n) is 14.1. The van der Waals surface area contributed by atoms with Gasteiger partial charge in [-0.1, -0.05) is 27.2 Å². The number of ether oxygens (including phenoxy) is 3. The number of nitrogens with one attached hydrogen (secondary N) is 5. The predicted octanol–water partition coefficient (Wildman–Crippen LogP) is 3.66. The van der Waals surface area contributed by atoms with Crippen LogP contribution in [-0.2, 0) is 28.7 Å². The molecule has 4 bridgehead atoms. The second-order valence-corrected chi connectivity index (χ2v) is 21.5. The van der Waals surface area contributed by atoms with Crippen molar-refractivity contribution in [2.75, 3.05) is 20.3 Å². The van der Waals surface area contributed by atoms with E-state index in [0.717, 1.165) is 25.7 Å². The maximum absolute atomic E-state index is 14.1. The first-order valence-electron chi connectivity index (χ1n) is 24.5. The van der Waals surface area contributed by atoms with Crippen LogP contribution >= 0.6 is 0 Å². The Bertz CT molecular complexity index is 2100. The number of hydrogen-bond donors (Lipinski definition) is 8. The van der Waals surface area contributed by atoms with E-state index in [-0.39, 0.29) is 113 Å². The van der Waals surface area contributed by atoms with Gasteiger partial charge in [-0.15, -0.1) is 0 Å². The van der Waals surface area contributed by atoms with Crippen molar-refractivity contribution >= 4 is 48.1 Å².